The van der Waals surface area contributed by atoms with Crippen LogP contribution in [0.1, 0.15) is 54.9 Å². The van der Waals surface area contributed by atoms with Crippen LogP contribution in [0.25, 0.3) is 0 Å². The van der Waals surface area contributed by atoms with Crippen molar-refractivity contribution in [1.29, 1.82) is 0 Å². The number of hydrogen-bond acceptors (Lipinski definition) is 1. The molecule has 0 N–H and O–H groups in total. The molecular weight excluding hydrogens is 170 g/mol. The fourth-order valence-electron chi connectivity index (χ4n) is 1.95. The van der Waals surface area contributed by atoms with E-state index in [0.717, 1.165) is 0 Å². The van der Waals surface area contributed by atoms with Gasteiger partial charge >= 0.3 is 0 Å². The molecule has 0 heterocycles. The zero-order chi connectivity index (χ0) is 11.6. The fourth-order valence-corrected chi connectivity index (χ4v) is 1.95. The molecule has 0 aliphatic rings. The summed E-state index contributed by atoms with van der Waals surface area (Å²) in [6.45, 7) is 17.3. The Kier molecular flexibility index (Phi) is 4.64. The predicted octanol–water partition coefficient (Wildman–Crippen LogP) is 3.79. The predicted molar refractivity (Wildman–Crippen MR) is 65.6 cm³/mol. The lowest BCUT2D eigenvalue weighted by Gasteiger charge is -2.34. The van der Waals surface area contributed by atoms with Crippen molar-refractivity contribution in [3.8, 4) is 0 Å². The van der Waals surface area contributed by atoms with E-state index in [-0.39, 0.29) is 0 Å². The van der Waals surface area contributed by atoms with Gasteiger partial charge in [0, 0.05) is 12.6 Å². The van der Waals surface area contributed by atoms with E-state index in [9.17, 15) is 0 Å². The molecule has 0 radical (unpaired) electrons. The molecule has 0 saturated heterocycles. The lowest BCUT2D eigenvalue weighted by Crippen LogP contribution is -2.38. The molecule has 86 valence electrons. The van der Waals surface area contributed by atoms with Crippen LogP contribution < -0.4 is 0 Å². The maximum absolute atomic E-state index is 2.48. The number of rotatable bonds is 3. The zero-order valence-electron chi connectivity index (χ0n) is 11.4. The largest absolute Gasteiger partial charge is 0.303 e. The van der Waals surface area contributed by atoms with Gasteiger partial charge in [0.15, 0.2) is 0 Å². The standard InChI is InChI=1S/C13H29N/c1-11(9-12(2,3)4)14(8)10-13(5,6)7/h11H,9-10H2,1-8H3. The van der Waals surface area contributed by atoms with Crippen molar-refractivity contribution in [3.63, 3.8) is 0 Å². The van der Waals surface area contributed by atoms with E-state index < -0.39 is 0 Å². The average molecular weight is 199 g/mol. The molecule has 1 nitrogen and oxygen atoms in total. The molecular formula is C13H29N. The molecule has 0 saturated carbocycles. The molecule has 0 aromatic heterocycles. The van der Waals surface area contributed by atoms with E-state index in [1.807, 2.05) is 0 Å². The van der Waals surface area contributed by atoms with E-state index in [0.29, 0.717) is 16.9 Å². The average Bonchev–Trinajstić information content (AvgIpc) is 1.78. The first kappa shape index (κ1) is 14.0. The Labute approximate surface area is 90.9 Å². The van der Waals surface area contributed by atoms with Crippen LogP contribution in [0.5, 0.6) is 0 Å². The Bertz CT molecular complexity index is 139. The molecule has 0 fully saturated rings. The Morgan fingerprint density at radius 2 is 1.36 bits per heavy atom. The Morgan fingerprint density at radius 1 is 0.929 bits per heavy atom. The SMILES string of the molecule is CC(CC(C)(C)C)N(C)CC(C)(C)C. The lowest BCUT2D eigenvalue weighted by atomic mass is 9.87. The summed E-state index contributed by atoms with van der Waals surface area (Å²) < 4.78 is 0. The van der Waals surface area contributed by atoms with Crippen LogP contribution >= 0.6 is 0 Å². The van der Waals surface area contributed by atoms with Crippen LogP contribution in [0.3, 0.4) is 0 Å². The van der Waals surface area contributed by atoms with Crippen molar-refractivity contribution < 1.29 is 0 Å². The van der Waals surface area contributed by atoms with Gasteiger partial charge in [-0.3, -0.25) is 0 Å². The Morgan fingerprint density at radius 3 is 1.64 bits per heavy atom. The first-order valence-electron chi connectivity index (χ1n) is 5.71. The van der Waals surface area contributed by atoms with Crippen molar-refractivity contribution >= 4 is 0 Å². The van der Waals surface area contributed by atoms with Gasteiger partial charge in [0.05, 0.1) is 0 Å². The summed E-state index contributed by atoms with van der Waals surface area (Å²) in [5.41, 5.74) is 0.840. The minimum Gasteiger partial charge on any atom is -0.303 e. The molecule has 0 rings (SSSR count). The minimum absolute atomic E-state index is 0.404. The van der Waals surface area contributed by atoms with Gasteiger partial charge in [-0.15, -0.1) is 0 Å². The van der Waals surface area contributed by atoms with Crippen molar-refractivity contribution in [2.45, 2.75) is 60.9 Å². The second-order valence-corrected chi connectivity index (χ2v) is 7.09. The molecule has 14 heavy (non-hydrogen) atoms. The summed E-state index contributed by atoms with van der Waals surface area (Å²) in [6, 6.07) is 0.675. The Hall–Kier alpha value is -0.0400. The van der Waals surface area contributed by atoms with E-state index in [2.05, 4.69) is 60.4 Å². The molecule has 0 aromatic carbocycles. The highest BCUT2D eigenvalue weighted by atomic mass is 15.1. The molecule has 1 atom stereocenters. The smallest absolute Gasteiger partial charge is 0.00690 e. The van der Waals surface area contributed by atoms with Crippen molar-refractivity contribution in [2.24, 2.45) is 10.8 Å². The highest BCUT2D eigenvalue weighted by molar-refractivity contribution is 4.75. The highest BCUT2D eigenvalue weighted by Crippen LogP contribution is 2.24. The summed E-state index contributed by atoms with van der Waals surface area (Å²) in [7, 11) is 2.24. The van der Waals surface area contributed by atoms with Crippen LogP contribution in [0.4, 0.5) is 0 Å². The third-order valence-electron chi connectivity index (χ3n) is 2.38. The Balaban J connectivity index is 4.07. The highest BCUT2D eigenvalue weighted by Gasteiger charge is 2.21. The number of nitrogens with zero attached hydrogens (tertiary/aromatic N) is 1. The third kappa shape index (κ3) is 7.37. The molecule has 0 aromatic rings. The van der Waals surface area contributed by atoms with E-state index in [1.54, 1.807) is 0 Å². The molecule has 0 bridgehead atoms. The van der Waals surface area contributed by atoms with E-state index in [4.69, 9.17) is 0 Å². The normalized spacial score (nSPS) is 16.1. The molecule has 0 amide bonds. The van der Waals surface area contributed by atoms with Crippen LogP contribution in [-0.2, 0) is 0 Å². The summed E-state index contributed by atoms with van der Waals surface area (Å²) in [5, 5.41) is 0. The second kappa shape index (κ2) is 4.65. The molecule has 1 unspecified atom stereocenters. The first-order chi connectivity index (χ1) is 6.01. The maximum atomic E-state index is 2.48. The van der Waals surface area contributed by atoms with Gasteiger partial charge in [-0.1, -0.05) is 41.5 Å². The topological polar surface area (TPSA) is 3.24 Å². The van der Waals surface area contributed by atoms with Crippen LogP contribution in [0, 0.1) is 10.8 Å². The quantitative estimate of drug-likeness (QED) is 0.668. The van der Waals surface area contributed by atoms with Crippen LogP contribution in [0.15, 0.2) is 0 Å². The lowest BCUT2D eigenvalue weighted by molar-refractivity contribution is 0.145. The van der Waals surface area contributed by atoms with Crippen molar-refractivity contribution in [3.05, 3.63) is 0 Å². The molecule has 0 aliphatic heterocycles. The van der Waals surface area contributed by atoms with Gasteiger partial charge < -0.3 is 4.90 Å². The monoisotopic (exact) mass is 199 g/mol. The number of hydrogen-bond donors (Lipinski definition) is 0. The first-order valence-corrected chi connectivity index (χ1v) is 5.71. The maximum Gasteiger partial charge on any atom is 0.00690 e. The van der Waals surface area contributed by atoms with Crippen LogP contribution in [-0.4, -0.2) is 24.5 Å². The summed E-state index contributed by atoms with van der Waals surface area (Å²) >= 11 is 0. The zero-order valence-corrected chi connectivity index (χ0v) is 11.4. The van der Waals surface area contributed by atoms with Crippen molar-refractivity contribution in [1.82, 2.24) is 4.90 Å². The van der Waals surface area contributed by atoms with Gasteiger partial charge in [0.25, 0.3) is 0 Å². The molecule has 1 heteroatoms. The van der Waals surface area contributed by atoms with Crippen molar-refractivity contribution in [2.75, 3.05) is 13.6 Å². The van der Waals surface area contributed by atoms with Gasteiger partial charge in [-0.05, 0) is 31.2 Å². The van der Waals surface area contributed by atoms with Gasteiger partial charge in [0.1, 0.15) is 0 Å². The van der Waals surface area contributed by atoms with Gasteiger partial charge in [-0.2, -0.15) is 0 Å². The molecule has 0 aliphatic carbocycles. The van der Waals surface area contributed by atoms with Gasteiger partial charge in [-0.25, -0.2) is 0 Å². The molecule has 0 spiro atoms. The fraction of sp³-hybridized carbons (Fsp3) is 1.00. The summed E-state index contributed by atoms with van der Waals surface area (Å²) in [4.78, 5) is 2.48. The minimum atomic E-state index is 0.404. The van der Waals surface area contributed by atoms with E-state index >= 15 is 0 Å². The van der Waals surface area contributed by atoms with Gasteiger partial charge in [0.2, 0.25) is 0 Å². The third-order valence-corrected chi connectivity index (χ3v) is 2.38. The summed E-state index contributed by atoms with van der Waals surface area (Å²) in [5.74, 6) is 0. The summed E-state index contributed by atoms with van der Waals surface area (Å²) in [6.07, 6.45) is 1.26. The van der Waals surface area contributed by atoms with Crippen LogP contribution in [0.2, 0.25) is 0 Å². The second-order valence-electron chi connectivity index (χ2n) is 7.09. The van der Waals surface area contributed by atoms with E-state index in [1.165, 1.54) is 13.0 Å².